The predicted molar refractivity (Wildman–Crippen MR) is 153 cm³/mol. The van der Waals surface area contributed by atoms with Gasteiger partial charge < -0.3 is 20.5 Å². The summed E-state index contributed by atoms with van der Waals surface area (Å²) >= 11 is 0. The van der Waals surface area contributed by atoms with Gasteiger partial charge in [-0.25, -0.2) is 0 Å². The molecule has 0 radical (unpaired) electrons. The van der Waals surface area contributed by atoms with Gasteiger partial charge in [-0.05, 0) is 50.3 Å². The topological polar surface area (TPSA) is 111 Å². The second kappa shape index (κ2) is 18.2. The summed E-state index contributed by atoms with van der Waals surface area (Å²) in [6, 6.07) is 5.49. The number of aromatic nitrogens is 2. The molecule has 8 heteroatoms. The minimum atomic E-state index is -0.124. The Kier molecular flexibility index (Phi) is 16.6. The van der Waals surface area contributed by atoms with Crippen molar-refractivity contribution in [1.29, 1.82) is 0 Å². The molecule has 208 valence electrons. The molecule has 0 aliphatic rings. The monoisotopic (exact) mass is 516 g/mol. The summed E-state index contributed by atoms with van der Waals surface area (Å²) in [6.07, 6.45) is 4.75. The van der Waals surface area contributed by atoms with Gasteiger partial charge >= 0.3 is 0 Å². The van der Waals surface area contributed by atoms with Gasteiger partial charge in [0.2, 0.25) is 11.7 Å². The van der Waals surface area contributed by atoms with Crippen LogP contribution in [-0.4, -0.2) is 58.3 Å². The Morgan fingerprint density at radius 3 is 2.38 bits per heavy atom. The average molecular weight is 517 g/mol. The van der Waals surface area contributed by atoms with E-state index in [9.17, 15) is 9.59 Å². The number of methoxy groups -OCH3 is 1. The molecular formula is C29H48N4O4. The number of amides is 1. The van der Waals surface area contributed by atoms with Crippen LogP contribution in [0, 0.1) is 5.92 Å². The van der Waals surface area contributed by atoms with Crippen LogP contribution in [0.15, 0.2) is 42.1 Å². The highest BCUT2D eigenvalue weighted by atomic mass is 16.5. The van der Waals surface area contributed by atoms with E-state index in [1.807, 2.05) is 43.9 Å². The van der Waals surface area contributed by atoms with E-state index in [1.54, 1.807) is 24.8 Å². The van der Waals surface area contributed by atoms with Crippen molar-refractivity contribution in [1.82, 2.24) is 14.7 Å². The first-order valence-electron chi connectivity index (χ1n) is 13.1. The molecule has 0 aliphatic heterocycles. The molecule has 0 bridgehead atoms. The number of ether oxygens (including phenoxy) is 1. The number of carbonyl (C=O) groups is 2. The Morgan fingerprint density at radius 1 is 1.27 bits per heavy atom. The highest BCUT2D eigenvalue weighted by Gasteiger charge is 2.22. The smallest absolute Gasteiger partial charge is 0.244 e. The average Bonchev–Trinajstić information content (AvgIpc) is 3.26. The van der Waals surface area contributed by atoms with Crippen molar-refractivity contribution in [3.8, 4) is 5.75 Å². The van der Waals surface area contributed by atoms with Gasteiger partial charge in [0.1, 0.15) is 18.0 Å². The third-order valence-electron chi connectivity index (χ3n) is 5.56. The van der Waals surface area contributed by atoms with Crippen LogP contribution < -0.4 is 10.5 Å². The Bertz CT molecular complexity index is 1020. The number of Topliss-reactive ketones (excluding diaryl/α,β-unsaturated/α-hetero) is 1. The quantitative estimate of drug-likeness (QED) is 0.291. The van der Waals surface area contributed by atoms with E-state index in [0.717, 1.165) is 43.3 Å². The first-order valence-corrected chi connectivity index (χ1v) is 13.1. The molecule has 37 heavy (non-hydrogen) atoms. The van der Waals surface area contributed by atoms with Crippen molar-refractivity contribution in [2.24, 2.45) is 11.7 Å². The summed E-state index contributed by atoms with van der Waals surface area (Å²) in [7, 11) is 1.60. The number of hydrogen-bond donors (Lipinski definition) is 2. The number of rotatable bonds is 12. The highest BCUT2D eigenvalue weighted by Crippen LogP contribution is 2.26. The van der Waals surface area contributed by atoms with Gasteiger partial charge in [-0.2, -0.15) is 5.10 Å². The molecule has 0 atom stereocenters. The lowest BCUT2D eigenvalue weighted by molar-refractivity contribution is -0.132. The number of hydrogen-bond acceptors (Lipinski definition) is 6. The lowest BCUT2D eigenvalue weighted by Gasteiger charge is -2.23. The molecule has 0 saturated carbocycles. The number of benzene rings is 1. The number of ketones is 1. The van der Waals surface area contributed by atoms with Crippen molar-refractivity contribution in [2.45, 2.75) is 74.3 Å². The maximum Gasteiger partial charge on any atom is 0.244 e. The van der Waals surface area contributed by atoms with Crippen LogP contribution in [0.2, 0.25) is 0 Å². The van der Waals surface area contributed by atoms with Crippen molar-refractivity contribution in [2.75, 3.05) is 26.8 Å². The molecular weight excluding hydrogens is 468 g/mol. The van der Waals surface area contributed by atoms with Gasteiger partial charge in [-0.1, -0.05) is 53.7 Å². The number of carbonyl (C=O) groups excluding carboxylic acids is 2. The fourth-order valence-electron chi connectivity index (χ4n) is 3.24. The molecule has 1 heterocycles. The number of unbranched alkanes of at least 4 members (excludes halogenated alkanes) is 1. The van der Waals surface area contributed by atoms with Crippen molar-refractivity contribution < 1.29 is 19.4 Å². The number of nitrogens with two attached hydrogens (primary N) is 1. The van der Waals surface area contributed by atoms with Gasteiger partial charge in [-0.3, -0.25) is 14.3 Å². The normalized spacial score (nSPS) is 10.8. The van der Waals surface area contributed by atoms with Crippen LogP contribution in [-0.2, 0) is 11.3 Å². The largest absolute Gasteiger partial charge is 0.497 e. The second-order valence-electron chi connectivity index (χ2n) is 8.92. The van der Waals surface area contributed by atoms with Crippen LogP contribution in [0.3, 0.4) is 0 Å². The summed E-state index contributed by atoms with van der Waals surface area (Å²) in [6.45, 7) is 18.7. The summed E-state index contributed by atoms with van der Waals surface area (Å²) in [5.74, 6) is 1.10. The molecule has 0 spiro atoms. The van der Waals surface area contributed by atoms with E-state index in [-0.39, 0.29) is 24.8 Å². The number of nitrogens with zero attached hydrogens (tertiary/aromatic N) is 3. The first kappa shape index (κ1) is 33.9. The lowest BCUT2D eigenvalue weighted by Crippen LogP contribution is -2.36. The van der Waals surface area contributed by atoms with Crippen molar-refractivity contribution in [3.05, 3.63) is 47.8 Å². The summed E-state index contributed by atoms with van der Waals surface area (Å²) in [5.41, 5.74) is 6.89. The van der Waals surface area contributed by atoms with E-state index in [0.29, 0.717) is 28.6 Å². The standard InChI is InChI=1S/C24H35N3O3.C3H7NO.C2H6/c1-7-9-13-26(14-12-17(3)4)22(28)16-27-21-15-19(30-6)10-11-20(21)23(25-27)24(29)18(5)8-2;1-3(4)2-5;1-2/h8,10-11,15,17H,7,9,12-14,16H2,1-6H3;5H,1-2,4H2;1-2H3/b18-8+;;. The van der Waals surface area contributed by atoms with Crippen LogP contribution in [0.1, 0.15) is 78.2 Å². The minimum Gasteiger partial charge on any atom is -0.497 e. The van der Waals surface area contributed by atoms with Crippen LogP contribution in [0.5, 0.6) is 5.75 Å². The molecule has 0 saturated heterocycles. The molecule has 0 unspecified atom stereocenters. The molecule has 2 rings (SSSR count). The van der Waals surface area contributed by atoms with Gasteiger partial charge in [0.15, 0.2) is 0 Å². The third kappa shape index (κ3) is 11.2. The van der Waals surface area contributed by atoms with E-state index in [2.05, 4.69) is 32.4 Å². The van der Waals surface area contributed by atoms with Crippen LogP contribution in [0.25, 0.3) is 10.9 Å². The maximum absolute atomic E-state index is 13.1. The Balaban J connectivity index is 0.00000165. The van der Waals surface area contributed by atoms with Gasteiger partial charge in [0.25, 0.3) is 0 Å². The van der Waals surface area contributed by atoms with Crippen LogP contribution >= 0.6 is 0 Å². The highest BCUT2D eigenvalue weighted by molar-refractivity contribution is 6.14. The number of fused-ring (bicyclic) bond motifs is 1. The van der Waals surface area contributed by atoms with E-state index >= 15 is 0 Å². The van der Waals surface area contributed by atoms with E-state index in [1.165, 1.54) is 0 Å². The molecule has 3 N–H and O–H groups in total. The predicted octanol–water partition coefficient (Wildman–Crippen LogP) is 5.35. The second-order valence-corrected chi connectivity index (χ2v) is 8.92. The maximum atomic E-state index is 13.1. The van der Waals surface area contributed by atoms with E-state index < -0.39 is 0 Å². The summed E-state index contributed by atoms with van der Waals surface area (Å²) in [4.78, 5) is 27.9. The summed E-state index contributed by atoms with van der Waals surface area (Å²) in [5, 5.41) is 13.2. The van der Waals surface area contributed by atoms with Crippen molar-refractivity contribution in [3.63, 3.8) is 0 Å². The zero-order chi connectivity index (χ0) is 28.5. The lowest BCUT2D eigenvalue weighted by atomic mass is 10.1. The third-order valence-corrected chi connectivity index (χ3v) is 5.56. The summed E-state index contributed by atoms with van der Waals surface area (Å²) < 4.78 is 7.00. The molecule has 2 aromatic rings. The first-order chi connectivity index (χ1) is 17.6. The Labute approximate surface area is 223 Å². The number of aliphatic hydroxyl groups excluding tert-OH is 1. The SMILES string of the molecule is C/C=C(\C)C(=O)c1nn(CC(=O)N(CCCC)CCC(C)C)c2cc(OC)ccc12.C=C(N)CO.CC. The molecule has 1 amide bonds. The number of aliphatic hydroxyl groups is 1. The minimum absolute atomic E-state index is 0.0260. The zero-order valence-electron chi connectivity index (χ0n) is 24.1. The Hall–Kier alpha value is -3.13. The van der Waals surface area contributed by atoms with Crippen LogP contribution in [0.4, 0.5) is 0 Å². The fraction of sp³-hybridized carbons (Fsp3) is 0.552. The van der Waals surface area contributed by atoms with E-state index in [4.69, 9.17) is 15.6 Å². The molecule has 0 aliphatic carbocycles. The van der Waals surface area contributed by atoms with Gasteiger partial charge in [-0.15, -0.1) is 0 Å². The molecule has 1 aromatic carbocycles. The number of allylic oxidation sites excluding steroid dienone is 2. The van der Waals surface area contributed by atoms with Crippen molar-refractivity contribution >= 4 is 22.6 Å². The molecule has 1 aromatic heterocycles. The molecule has 8 nitrogen and oxygen atoms in total. The fourth-order valence-corrected chi connectivity index (χ4v) is 3.24. The Morgan fingerprint density at radius 2 is 1.89 bits per heavy atom. The van der Waals surface area contributed by atoms with Gasteiger partial charge in [0.05, 0.1) is 19.2 Å². The zero-order valence-corrected chi connectivity index (χ0v) is 24.1. The molecule has 0 fully saturated rings. The van der Waals surface area contributed by atoms with Gasteiger partial charge in [0, 0.05) is 30.2 Å².